The van der Waals surface area contributed by atoms with Crippen molar-refractivity contribution in [3.05, 3.63) is 0 Å². The number of nitrogens with one attached hydrogen (secondary N) is 1. The Morgan fingerprint density at radius 2 is 1.44 bits per heavy atom. The third-order valence-corrected chi connectivity index (χ3v) is 5.42. The number of likely N-dealkylation sites (tertiary alicyclic amines) is 1. The molecule has 18 heavy (non-hydrogen) atoms. The summed E-state index contributed by atoms with van der Waals surface area (Å²) >= 11 is 0. The Morgan fingerprint density at radius 1 is 0.944 bits per heavy atom. The van der Waals surface area contributed by atoms with Crippen molar-refractivity contribution in [1.29, 1.82) is 0 Å². The van der Waals surface area contributed by atoms with Crippen LogP contribution in [-0.2, 0) is 0 Å². The molecule has 0 aromatic heterocycles. The van der Waals surface area contributed by atoms with E-state index in [0.717, 1.165) is 17.9 Å². The van der Waals surface area contributed by atoms with Gasteiger partial charge in [0.25, 0.3) is 0 Å². The van der Waals surface area contributed by atoms with E-state index in [0.29, 0.717) is 6.04 Å². The highest BCUT2D eigenvalue weighted by Crippen LogP contribution is 2.29. The fraction of sp³-hybridized carbons (Fsp3) is 1.00. The molecule has 0 bridgehead atoms. The zero-order valence-corrected chi connectivity index (χ0v) is 12.6. The fourth-order valence-electron chi connectivity index (χ4n) is 3.91. The number of rotatable bonds is 5. The van der Waals surface area contributed by atoms with Gasteiger partial charge in [-0.15, -0.1) is 0 Å². The summed E-state index contributed by atoms with van der Waals surface area (Å²) in [5.41, 5.74) is 0. The first-order valence-electron chi connectivity index (χ1n) is 8.19. The van der Waals surface area contributed by atoms with E-state index in [-0.39, 0.29) is 0 Å². The third-order valence-electron chi connectivity index (χ3n) is 5.42. The van der Waals surface area contributed by atoms with E-state index >= 15 is 0 Å². The molecule has 2 fully saturated rings. The van der Waals surface area contributed by atoms with Gasteiger partial charge in [-0.1, -0.05) is 19.8 Å². The SMILES string of the molecule is CCN1CCC(C(C)N[C@H](C)C2CCCC2)CC1. The molecule has 2 atom stereocenters. The van der Waals surface area contributed by atoms with E-state index in [4.69, 9.17) is 0 Å². The third kappa shape index (κ3) is 3.71. The van der Waals surface area contributed by atoms with Crippen molar-refractivity contribution < 1.29 is 0 Å². The summed E-state index contributed by atoms with van der Waals surface area (Å²) in [6.45, 7) is 11.0. The van der Waals surface area contributed by atoms with Crippen LogP contribution < -0.4 is 5.32 Å². The van der Waals surface area contributed by atoms with E-state index in [1.165, 1.54) is 58.2 Å². The molecule has 1 saturated carbocycles. The summed E-state index contributed by atoms with van der Waals surface area (Å²) < 4.78 is 0. The number of hydrogen-bond acceptors (Lipinski definition) is 2. The molecule has 1 saturated heterocycles. The molecule has 1 unspecified atom stereocenters. The van der Waals surface area contributed by atoms with Crippen LogP contribution in [0.5, 0.6) is 0 Å². The van der Waals surface area contributed by atoms with Crippen molar-refractivity contribution >= 4 is 0 Å². The Labute approximate surface area is 114 Å². The Kier molecular flexibility index (Phi) is 5.50. The standard InChI is InChI=1S/C16H32N2/c1-4-18-11-9-16(10-12-18)14(3)17-13(2)15-7-5-6-8-15/h13-17H,4-12H2,1-3H3/t13-,14?/m1/s1. The summed E-state index contributed by atoms with van der Waals surface area (Å²) in [4.78, 5) is 2.59. The normalized spacial score (nSPS) is 27.5. The van der Waals surface area contributed by atoms with Gasteiger partial charge in [-0.2, -0.15) is 0 Å². The molecule has 0 spiro atoms. The molecule has 2 aliphatic rings. The maximum absolute atomic E-state index is 3.91. The van der Waals surface area contributed by atoms with Gasteiger partial charge in [0.1, 0.15) is 0 Å². The zero-order chi connectivity index (χ0) is 13.0. The second-order valence-electron chi connectivity index (χ2n) is 6.56. The monoisotopic (exact) mass is 252 g/mol. The average Bonchev–Trinajstić information content (AvgIpc) is 2.92. The number of piperidine rings is 1. The Hall–Kier alpha value is -0.0800. The van der Waals surface area contributed by atoms with Crippen molar-refractivity contribution in [2.75, 3.05) is 19.6 Å². The van der Waals surface area contributed by atoms with Crippen molar-refractivity contribution in [1.82, 2.24) is 10.2 Å². The van der Waals surface area contributed by atoms with Crippen molar-refractivity contribution in [3.8, 4) is 0 Å². The van der Waals surface area contributed by atoms with Crippen LogP contribution in [0, 0.1) is 11.8 Å². The quantitative estimate of drug-likeness (QED) is 0.808. The lowest BCUT2D eigenvalue weighted by atomic mass is 9.88. The molecule has 1 aliphatic heterocycles. The Balaban J connectivity index is 1.72. The molecular weight excluding hydrogens is 220 g/mol. The molecule has 2 nitrogen and oxygen atoms in total. The molecule has 2 heteroatoms. The predicted octanol–water partition coefficient (Wildman–Crippen LogP) is 3.28. The lowest BCUT2D eigenvalue weighted by molar-refractivity contribution is 0.160. The van der Waals surface area contributed by atoms with Crippen LogP contribution >= 0.6 is 0 Å². The van der Waals surface area contributed by atoms with E-state index < -0.39 is 0 Å². The number of hydrogen-bond donors (Lipinski definition) is 1. The maximum Gasteiger partial charge on any atom is 0.00705 e. The molecule has 0 amide bonds. The molecular formula is C16H32N2. The minimum absolute atomic E-state index is 0.708. The van der Waals surface area contributed by atoms with Gasteiger partial charge in [0.05, 0.1) is 0 Å². The molecule has 2 rings (SSSR count). The van der Waals surface area contributed by atoms with Crippen LogP contribution in [0.2, 0.25) is 0 Å². The van der Waals surface area contributed by atoms with Gasteiger partial charge in [0.2, 0.25) is 0 Å². The lowest BCUT2D eigenvalue weighted by Crippen LogP contribution is -2.46. The first-order valence-corrected chi connectivity index (χ1v) is 8.19. The van der Waals surface area contributed by atoms with Crippen molar-refractivity contribution in [3.63, 3.8) is 0 Å². The summed E-state index contributed by atoms with van der Waals surface area (Å²) in [5.74, 6) is 1.85. The van der Waals surface area contributed by atoms with Crippen LogP contribution in [-0.4, -0.2) is 36.6 Å². The van der Waals surface area contributed by atoms with Crippen LogP contribution in [0.4, 0.5) is 0 Å². The lowest BCUT2D eigenvalue weighted by Gasteiger charge is -2.36. The first kappa shape index (κ1) is 14.3. The highest BCUT2D eigenvalue weighted by atomic mass is 15.1. The highest BCUT2D eigenvalue weighted by Gasteiger charge is 2.27. The minimum atomic E-state index is 0.708. The van der Waals surface area contributed by atoms with Crippen LogP contribution in [0.25, 0.3) is 0 Å². The summed E-state index contributed by atoms with van der Waals surface area (Å²) in [6.07, 6.45) is 8.60. The molecule has 0 aromatic rings. The van der Waals surface area contributed by atoms with E-state index in [1.54, 1.807) is 0 Å². The van der Waals surface area contributed by atoms with Gasteiger partial charge < -0.3 is 10.2 Å². The van der Waals surface area contributed by atoms with Gasteiger partial charge in [0.15, 0.2) is 0 Å². The summed E-state index contributed by atoms with van der Waals surface area (Å²) in [5, 5.41) is 3.91. The molecule has 0 aromatic carbocycles. The highest BCUT2D eigenvalue weighted by molar-refractivity contribution is 4.84. The fourth-order valence-corrected chi connectivity index (χ4v) is 3.91. The molecule has 106 valence electrons. The molecule has 1 heterocycles. The Morgan fingerprint density at radius 3 is 1.94 bits per heavy atom. The first-order chi connectivity index (χ1) is 8.70. The van der Waals surface area contributed by atoms with Crippen molar-refractivity contribution in [2.45, 2.75) is 71.4 Å². The second-order valence-corrected chi connectivity index (χ2v) is 6.56. The smallest absolute Gasteiger partial charge is 0.00705 e. The predicted molar refractivity (Wildman–Crippen MR) is 78.9 cm³/mol. The van der Waals surface area contributed by atoms with E-state index in [2.05, 4.69) is 31.0 Å². The summed E-state index contributed by atoms with van der Waals surface area (Å²) in [7, 11) is 0. The van der Waals surface area contributed by atoms with E-state index in [1.807, 2.05) is 0 Å². The zero-order valence-electron chi connectivity index (χ0n) is 12.6. The van der Waals surface area contributed by atoms with Gasteiger partial charge in [0, 0.05) is 12.1 Å². The van der Waals surface area contributed by atoms with Gasteiger partial charge in [-0.3, -0.25) is 0 Å². The van der Waals surface area contributed by atoms with Gasteiger partial charge >= 0.3 is 0 Å². The molecule has 1 N–H and O–H groups in total. The second kappa shape index (κ2) is 6.91. The molecule has 0 radical (unpaired) electrons. The average molecular weight is 252 g/mol. The topological polar surface area (TPSA) is 15.3 Å². The Bertz CT molecular complexity index is 227. The largest absolute Gasteiger partial charge is 0.311 e. The van der Waals surface area contributed by atoms with Crippen LogP contribution in [0.1, 0.15) is 59.3 Å². The molecule has 1 aliphatic carbocycles. The minimum Gasteiger partial charge on any atom is -0.311 e. The van der Waals surface area contributed by atoms with Crippen molar-refractivity contribution in [2.24, 2.45) is 11.8 Å². The van der Waals surface area contributed by atoms with Crippen LogP contribution in [0.3, 0.4) is 0 Å². The van der Waals surface area contributed by atoms with Gasteiger partial charge in [-0.05, 0) is 71.0 Å². The number of nitrogens with zero attached hydrogens (tertiary/aromatic N) is 1. The maximum atomic E-state index is 3.91. The van der Waals surface area contributed by atoms with E-state index in [9.17, 15) is 0 Å². The van der Waals surface area contributed by atoms with Gasteiger partial charge in [-0.25, -0.2) is 0 Å². The summed E-state index contributed by atoms with van der Waals surface area (Å²) in [6, 6.07) is 1.44. The van der Waals surface area contributed by atoms with Crippen LogP contribution in [0.15, 0.2) is 0 Å².